The van der Waals surface area contributed by atoms with Crippen LogP contribution in [0.15, 0.2) is 12.1 Å². The number of halogens is 1. The molecular weight excluding hydrogens is 224 g/mol. The van der Waals surface area contributed by atoms with E-state index in [-0.39, 0.29) is 5.41 Å². The van der Waals surface area contributed by atoms with Gasteiger partial charge in [-0.25, -0.2) is 4.98 Å². The van der Waals surface area contributed by atoms with Crippen molar-refractivity contribution in [1.82, 2.24) is 4.98 Å². The molecular formula is C12H13ClN2O. The molecule has 0 aliphatic carbocycles. The van der Waals surface area contributed by atoms with Crippen LogP contribution in [0.5, 0.6) is 0 Å². The highest BCUT2D eigenvalue weighted by molar-refractivity contribution is 6.29. The average molecular weight is 237 g/mol. The van der Waals surface area contributed by atoms with Gasteiger partial charge in [0.1, 0.15) is 5.15 Å². The van der Waals surface area contributed by atoms with Crippen molar-refractivity contribution in [2.24, 2.45) is 0 Å². The van der Waals surface area contributed by atoms with E-state index in [0.29, 0.717) is 17.3 Å². The SMILES string of the molecule is CC[C@]1(c2cc(C#N)cc(Cl)n2)CCOC1. The summed E-state index contributed by atoms with van der Waals surface area (Å²) in [6.45, 7) is 3.54. The van der Waals surface area contributed by atoms with Gasteiger partial charge in [0.15, 0.2) is 0 Å². The molecule has 1 aliphatic heterocycles. The van der Waals surface area contributed by atoms with E-state index in [0.717, 1.165) is 25.1 Å². The Balaban J connectivity index is 2.46. The van der Waals surface area contributed by atoms with Crippen molar-refractivity contribution in [2.75, 3.05) is 13.2 Å². The van der Waals surface area contributed by atoms with Crippen LogP contribution in [0.3, 0.4) is 0 Å². The molecule has 2 rings (SSSR count). The average Bonchev–Trinajstić information content (AvgIpc) is 2.78. The lowest BCUT2D eigenvalue weighted by Gasteiger charge is -2.25. The number of hydrogen-bond donors (Lipinski definition) is 0. The Morgan fingerprint density at radius 1 is 1.62 bits per heavy atom. The van der Waals surface area contributed by atoms with Crippen LogP contribution in [0.4, 0.5) is 0 Å². The molecule has 4 heteroatoms. The number of pyridine rings is 1. The maximum Gasteiger partial charge on any atom is 0.130 e. The van der Waals surface area contributed by atoms with Gasteiger partial charge in [-0.15, -0.1) is 0 Å². The van der Waals surface area contributed by atoms with Crippen LogP contribution in [0, 0.1) is 11.3 Å². The van der Waals surface area contributed by atoms with Crippen molar-refractivity contribution < 1.29 is 4.74 Å². The van der Waals surface area contributed by atoms with E-state index in [1.165, 1.54) is 0 Å². The molecule has 1 saturated heterocycles. The third-order valence-corrected chi connectivity index (χ3v) is 3.44. The molecule has 1 aromatic rings. The minimum absolute atomic E-state index is 0.0590. The molecule has 2 heterocycles. The zero-order valence-corrected chi connectivity index (χ0v) is 9.92. The van der Waals surface area contributed by atoms with Gasteiger partial charge in [-0.1, -0.05) is 18.5 Å². The fourth-order valence-electron chi connectivity index (χ4n) is 2.10. The molecule has 1 atom stereocenters. The molecule has 0 saturated carbocycles. The summed E-state index contributed by atoms with van der Waals surface area (Å²) >= 11 is 5.92. The minimum Gasteiger partial charge on any atom is -0.380 e. The van der Waals surface area contributed by atoms with Crippen molar-refractivity contribution >= 4 is 11.6 Å². The summed E-state index contributed by atoms with van der Waals surface area (Å²) in [7, 11) is 0. The molecule has 0 unspecified atom stereocenters. The van der Waals surface area contributed by atoms with Gasteiger partial charge in [0.2, 0.25) is 0 Å². The Bertz CT molecular complexity index is 433. The quantitative estimate of drug-likeness (QED) is 0.742. The topological polar surface area (TPSA) is 45.9 Å². The van der Waals surface area contributed by atoms with E-state index in [1.54, 1.807) is 6.07 Å². The lowest BCUT2D eigenvalue weighted by atomic mass is 9.80. The second kappa shape index (κ2) is 4.40. The summed E-state index contributed by atoms with van der Waals surface area (Å²) in [5, 5.41) is 9.30. The van der Waals surface area contributed by atoms with E-state index < -0.39 is 0 Å². The second-order valence-corrected chi connectivity index (χ2v) is 4.50. The number of ether oxygens (including phenoxy) is 1. The Labute approximate surface area is 100 Å². The largest absolute Gasteiger partial charge is 0.380 e. The monoisotopic (exact) mass is 236 g/mol. The molecule has 0 amide bonds. The van der Waals surface area contributed by atoms with Crippen LogP contribution in [0.25, 0.3) is 0 Å². The number of aromatic nitrogens is 1. The first kappa shape index (κ1) is 11.4. The summed E-state index contributed by atoms with van der Waals surface area (Å²) in [6.07, 6.45) is 1.90. The van der Waals surface area contributed by atoms with Crippen molar-refractivity contribution in [3.05, 3.63) is 28.5 Å². The first-order valence-corrected chi connectivity index (χ1v) is 5.74. The van der Waals surface area contributed by atoms with E-state index in [9.17, 15) is 0 Å². The summed E-state index contributed by atoms with van der Waals surface area (Å²) in [5.41, 5.74) is 1.39. The van der Waals surface area contributed by atoms with Crippen LogP contribution < -0.4 is 0 Å². The van der Waals surface area contributed by atoms with Gasteiger partial charge in [-0.3, -0.25) is 0 Å². The van der Waals surface area contributed by atoms with Crippen LogP contribution in [-0.4, -0.2) is 18.2 Å². The molecule has 1 aromatic heterocycles. The zero-order valence-electron chi connectivity index (χ0n) is 9.16. The standard InChI is InChI=1S/C12H13ClN2O/c1-2-12(3-4-16-8-12)10-5-9(7-14)6-11(13)15-10/h5-6H,2-4,8H2,1H3/t12-/m0/s1. The van der Waals surface area contributed by atoms with Crippen LogP contribution >= 0.6 is 11.6 Å². The zero-order chi connectivity index (χ0) is 11.6. The number of nitrogens with zero attached hydrogens (tertiary/aromatic N) is 2. The molecule has 1 fully saturated rings. The third kappa shape index (κ3) is 1.91. The Morgan fingerprint density at radius 2 is 2.44 bits per heavy atom. The molecule has 3 nitrogen and oxygen atoms in total. The number of nitriles is 1. The minimum atomic E-state index is -0.0590. The van der Waals surface area contributed by atoms with E-state index in [2.05, 4.69) is 18.0 Å². The fraction of sp³-hybridized carbons (Fsp3) is 0.500. The Kier molecular flexibility index (Phi) is 3.13. The van der Waals surface area contributed by atoms with Gasteiger partial charge in [-0.05, 0) is 25.0 Å². The van der Waals surface area contributed by atoms with Crippen molar-refractivity contribution in [3.63, 3.8) is 0 Å². The van der Waals surface area contributed by atoms with E-state index >= 15 is 0 Å². The smallest absolute Gasteiger partial charge is 0.130 e. The van der Waals surface area contributed by atoms with Crippen molar-refractivity contribution in [1.29, 1.82) is 5.26 Å². The number of hydrogen-bond acceptors (Lipinski definition) is 3. The van der Waals surface area contributed by atoms with Gasteiger partial charge < -0.3 is 4.74 Å². The molecule has 0 bridgehead atoms. The molecule has 0 radical (unpaired) electrons. The summed E-state index contributed by atoms with van der Waals surface area (Å²) in [5.74, 6) is 0. The predicted molar refractivity (Wildman–Crippen MR) is 61.4 cm³/mol. The summed E-state index contributed by atoms with van der Waals surface area (Å²) in [6, 6.07) is 5.52. The van der Waals surface area contributed by atoms with Gasteiger partial charge >= 0.3 is 0 Å². The third-order valence-electron chi connectivity index (χ3n) is 3.25. The van der Waals surface area contributed by atoms with Crippen LogP contribution in [-0.2, 0) is 10.2 Å². The highest BCUT2D eigenvalue weighted by Crippen LogP contribution is 2.36. The first-order chi connectivity index (χ1) is 7.70. The normalized spacial score (nSPS) is 24.3. The van der Waals surface area contributed by atoms with Gasteiger partial charge in [0.25, 0.3) is 0 Å². The highest BCUT2D eigenvalue weighted by atomic mass is 35.5. The lowest BCUT2D eigenvalue weighted by Crippen LogP contribution is -2.27. The van der Waals surface area contributed by atoms with Crippen molar-refractivity contribution in [3.8, 4) is 6.07 Å². The van der Waals surface area contributed by atoms with E-state index in [1.807, 2.05) is 6.07 Å². The van der Waals surface area contributed by atoms with Crippen LogP contribution in [0.2, 0.25) is 5.15 Å². The molecule has 0 N–H and O–H groups in total. The Hall–Kier alpha value is -1.11. The molecule has 0 spiro atoms. The highest BCUT2D eigenvalue weighted by Gasteiger charge is 2.36. The molecule has 0 aromatic carbocycles. The number of rotatable bonds is 2. The molecule has 1 aliphatic rings. The lowest BCUT2D eigenvalue weighted by molar-refractivity contribution is 0.174. The van der Waals surface area contributed by atoms with Gasteiger partial charge in [-0.2, -0.15) is 5.26 Å². The second-order valence-electron chi connectivity index (χ2n) is 4.11. The van der Waals surface area contributed by atoms with Gasteiger partial charge in [0.05, 0.1) is 23.9 Å². The van der Waals surface area contributed by atoms with Crippen LogP contribution in [0.1, 0.15) is 31.0 Å². The molecule has 16 heavy (non-hydrogen) atoms. The first-order valence-electron chi connectivity index (χ1n) is 5.36. The fourth-order valence-corrected chi connectivity index (χ4v) is 2.31. The van der Waals surface area contributed by atoms with Gasteiger partial charge in [0, 0.05) is 12.0 Å². The maximum atomic E-state index is 8.92. The molecule has 84 valence electrons. The van der Waals surface area contributed by atoms with Crippen molar-refractivity contribution in [2.45, 2.75) is 25.2 Å². The Morgan fingerprint density at radius 3 is 3.00 bits per heavy atom. The summed E-state index contributed by atoms with van der Waals surface area (Å²) < 4.78 is 5.45. The maximum absolute atomic E-state index is 8.92. The van der Waals surface area contributed by atoms with E-state index in [4.69, 9.17) is 21.6 Å². The summed E-state index contributed by atoms with van der Waals surface area (Å²) in [4.78, 5) is 4.34. The predicted octanol–water partition coefficient (Wildman–Crippen LogP) is 2.67.